The van der Waals surface area contributed by atoms with Crippen LogP contribution < -0.4 is 0 Å². The van der Waals surface area contributed by atoms with E-state index in [4.69, 9.17) is 9.47 Å². The second-order valence-corrected chi connectivity index (χ2v) is 15.3. The molecule has 0 unspecified atom stereocenters. The average molecular weight is 513 g/mol. The third kappa shape index (κ3) is 3.45. The van der Waals surface area contributed by atoms with Crippen LogP contribution in [-0.4, -0.2) is 25.2 Å². The Labute approximate surface area is 225 Å². The van der Waals surface area contributed by atoms with Crippen molar-refractivity contribution in [3.8, 4) is 0 Å². The fraction of sp³-hybridized carbons (Fsp3) is 0.879. The van der Waals surface area contributed by atoms with Crippen LogP contribution in [0.15, 0.2) is 11.6 Å². The van der Waals surface area contributed by atoms with Crippen LogP contribution in [0.4, 0.5) is 0 Å². The summed E-state index contributed by atoms with van der Waals surface area (Å²) >= 11 is 0. The third-order valence-electron chi connectivity index (χ3n) is 13.8. The summed E-state index contributed by atoms with van der Waals surface area (Å²) < 4.78 is 11.4. The minimum atomic E-state index is -0.347. The number of carbonyl (C=O) groups is 2. The summed E-state index contributed by atoms with van der Waals surface area (Å²) in [5.74, 6) is 2.45. The molecule has 0 aromatic carbocycles. The van der Waals surface area contributed by atoms with Crippen LogP contribution in [0.5, 0.6) is 0 Å². The van der Waals surface area contributed by atoms with E-state index in [0.29, 0.717) is 29.6 Å². The minimum absolute atomic E-state index is 0.0117. The predicted octanol–water partition coefficient (Wildman–Crippen LogP) is 7.75. The van der Waals surface area contributed by atoms with Gasteiger partial charge in [-0.2, -0.15) is 0 Å². The molecule has 5 aliphatic rings. The van der Waals surface area contributed by atoms with Gasteiger partial charge in [0.15, 0.2) is 0 Å². The van der Waals surface area contributed by atoms with Crippen LogP contribution in [0.2, 0.25) is 0 Å². The number of hydrogen-bond donors (Lipinski definition) is 0. The number of methoxy groups -OCH3 is 1. The first-order chi connectivity index (χ1) is 17.2. The molecule has 0 heterocycles. The van der Waals surface area contributed by atoms with Gasteiger partial charge in [-0.3, -0.25) is 9.59 Å². The fourth-order valence-corrected chi connectivity index (χ4v) is 11.4. The summed E-state index contributed by atoms with van der Waals surface area (Å²) in [7, 11) is 1.59. The lowest BCUT2D eigenvalue weighted by Crippen LogP contribution is -2.65. The second-order valence-electron chi connectivity index (χ2n) is 15.3. The summed E-state index contributed by atoms with van der Waals surface area (Å²) in [6.45, 7) is 18.8. The highest BCUT2D eigenvalue weighted by Gasteiger charge is 2.69. The molecule has 0 N–H and O–H groups in total. The quantitative estimate of drug-likeness (QED) is 0.280. The maximum atomic E-state index is 13.4. The van der Waals surface area contributed by atoms with Gasteiger partial charge in [0.2, 0.25) is 0 Å². The first-order valence-corrected chi connectivity index (χ1v) is 15.2. The summed E-state index contributed by atoms with van der Waals surface area (Å²) in [5.41, 5.74) is 1.76. The molecule has 0 bridgehead atoms. The Balaban J connectivity index is 1.57. The average Bonchev–Trinajstić information content (AvgIpc) is 2.83. The molecule has 0 aliphatic heterocycles. The van der Waals surface area contributed by atoms with Gasteiger partial charge < -0.3 is 9.47 Å². The zero-order valence-corrected chi connectivity index (χ0v) is 25.0. The lowest BCUT2D eigenvalue weighted by Gasteiger charge is -2.71. The molecule has 5 rings (SSSR count). The van der Waals surface area contributed by atoms with Crippen LogP contribution >= 0.6 is 0 Å². The predicted molar refractivity (Wildman–Crippen MR) is 147 cm³/mol. The number of carbonyl (C=O) groups excluding carboxylic acids is 2. The first-order valence-electron chi connectivity index (χ1n) is 15.2. The highest BCUT2D eigenvalue weighted by atomic mass is 16.5. The summed E-state index contributed by atoms with van der Waals surface area (Å²) in [4.78, 5) is 25.4. The number of allylic oxidation sites excluding steroid dienone is 2. The van der Waals surface area contributed by atoms with Gasteiger partial charge in [0, 0.05) is 12.3 Å². The SMILES string of the molecule is COC(=O)[C@]12CC[C@@H](C)[C@H](C)[C@H]1C1=CC[C@@H]3[C@@]4(C)CC[C@H](OC(C)=O)C(C)(C)[C@@H]4CC[C@@]3(C)[C@]1(C)CC2. The number of hydrogen-bond acceptors (Lipinski definition) is 4. The third-order valence-corrected chi connectivity index (χ3v) is 13.8. The van der Waals surface area contributed by atoms with Crippen LogP contribution in [0, 0.1) is 56.7 Å². The van der Waals surface area contributed by atoms with Crippen molar-refractivity contribution in [1.29, 1.82) is 0 Å². The molecule has 10 atom stereocenters. The van der Waals surface area contributed by atoms with Crippen molar-refractivity contribution in [3.63, 3.8) is 0 Å². The highest BCUT2D eigenvalue weighted by Crippen LogP contribution is 2.76. The van der Waals surface area contributed by atoms with Crippen LogP contribution in [-0.2, 0) is 19.1 Å². The van der Waals surface area contributed by atoms with Crippen LogP contribution in [0.3, 0.4) is 0 Å². The van der Waals surface area contributed by atoms with Crippen molar-refractivity contribution in [2.24, 2.45) is 56.7 Å². The second kappa shape index (κ2) is 8.59. The summed E-state index contributed by atoms with van der Waals surface area (Å²) in [5, 5.41) is 0. The standard InChI is InChI=1S/C33H52O4/c1-20-12-17-33(28(35)36-9)19-18-31(7)23(27(33)21(20)2)10-11-25-30(6)15-14-26(37-22(3)34)29(4,5)24(30)13-16-32(25,31)8/h10,20-21,24-27H,11-19H2,1-9H3/t20-,21+,24+,25-,26+,27+,30+,31-,32-,33+/m1/s1. The Hall–Kier alpha value is -1.32. The van der Waals surface area contributed by atoms with E-state index in [1.54, 1.807) is 19.6 Å². The zero-order valence-electron chi connectivity index (χ0n) is 25.0. The van der Waals surface area contributed by atoms with E-state index in [1.807, 2.05) is 0 Å². The van der Waals surface area contributed by atoms with E-state index in [9.17, 15) is 9.59 Å². The largest absolute Gasteiger partial charge is 0.469 e. The molecule has 0 aromatic rings. The van der Waals surface area contributed by atoms with Crippen LogP contribution in [0.25, 0.3) is 0 Å². The molecule has 0 aromatic heterocycles. The Morgan fingerprint density at radius 2 is 1.59 bits per heavy atom. The molecule has 4 saturated carbocycles. The van der Waals surface area contributed by atoms with Crippen molar-refractivity contribution >= 4 is 11.9 Å². The molecule has 4 fully saturated rings. The molecule has 0 spiro atoms. The van der Waals surface area contributed by atoms with E-state index in [0.717, 1.165) is 44.9 Å². The van der Waals surface area contributed by atoms with Gasteiger partial charge in [0.05, 0.1) is 12.5 Å². The van der Waals surface area contributed by atoms with E-state index in [-0.39, 0.29) is 45.1 Å². The van der Waals surface area contributed by atoms with Gasteiger partial charge in [0.1, 0.15) is 6.10 Å². The van der Waals surface area contributed by atoms with E-state index < -0.39 is 0 Å². The Kier molecular flexibility index (Phi) is 6.33. The molecule has 5 aliphatic carbocycles. The zero-order chi connectivity index (χ0) is 27.2. The van der Waals surface area contributed by atoms with Crippen LogP contribution in [0.1, 0.15) is 113 Å². The van der Waals surface area contributed by atoms with Gasteiger partial charge in [-0.25, -0.2) is 0 Å². The number of ether oxygens (including phenoxy) is 2. The van der Waals surface area contributed by atoms with Gasteiger partial charge in [-0.05, 0) is 104 Å². The fourth-order valence-electron chi connectivity index (χ4n) is 11.4. The molecule has 0 saturated heterocycles. The smallest absolute Gasteiger partial charge is 0.312 e. The molecule has 208 valence electrons. The molecular formula is C33H52O4. The van der Waals surface area contributed by atoms with Crippen molar-refractivity contribution in [1.82, 2.24) is 0 Å². The van der Waals surface area contributed by atoms with E-state index in [1.165, 1.54) is 12.8 Å². The number of esters is 2. The Morgan fingerprint density at radius 1 is 0.892 bits per heavy atom. The van der Waals surface area contributed by atoms with Gasteiger partial charge in [-0.15, -0.1) is 0 Å². The minimum Gasteiger partial charge on any atom is -0.469 e. The van der Waals surface area contributed by atoms with Gasteiger partial charge in [-0.1, -0.05) is 60.1 Å². The summed E-state index contributed by atoms with van der Waals surface area (Å²) in [6, 6.07) is 0. The molecule has 0 radical (unpaired) electrons. The van der Waals surface area contributed by atoms with Crippen molar-refractivity contribution in [3.05, 3.63) is 11.6 Å². The van der Waals surface area contributed by atoms with Gasteiger partial charge >= 0.3 is 11.9 Å². The number of fused-ring (bicyclic) bond motifs is 7. The highest BCUT2D eigenvalue weighted by molar-refractivity contribution is 5.78. The van der Waals surface area contributed by atoms with Crippen molar-refractivity contribution < 1.29 is 19.1 Å². The first kappa shape index (κ1) is 27.3. The van der Waals surface area contributed by atoms with Gasteiger partial charge in [0.25, 0.3) is 0 Å². The van der Waals surface area contributed by atoms with E-state index >= 15 is 0 Å². The molecule has 37 heavy (non-hydrogen) atoms. The molecular weight excluding hydrogens is 460 g/mol. The Morgan fingerprint density at radius 3 is 2.24 bits per heavy atom. The van der Waals surface area contributed by atoms with E-state index in [2.05, 4.69) is 54.5 Å². The molecule has 4 nitrogen and oxygen atoms in total. The van der Waals surface area contributed by atoms with Crippen molar-refractivity contribution in [2.45, 2.75) is 119 Å². The maximum absolute atomic E-state index is 13.4. The van der Waals surface area contributed by atoms with Crippen molar-refractivity contribution in [2.75, 3.05) is 7.11 Å². The topological polar surface area (TPSA) is 52.6 Å². The Bertz CT molecular complexity index is 996. The lowest BCUT2D eigenvalue weighted by atomic mass is 9.33. The monoisotopic (exact) mass is 512 g/mol. The molecule has 0 amide bonds. The lowest BCUT2D eigenvalue weighted by molar-refractivity contribution is -0.214. The summed E-state index contributed by atoms with van der Waals surface area (Å²) in [6.07, 6.45) is 12.4. The maximum Gasteiger partial charge on any atom is 0.312 e. The number of rotatable bonds is 2. The molecule has 4 heteroatoms. The normalized spacial score (nSPS) is 50.4.